The number of carbonyl (C=O) groups is 1. The van der Waals surface area contributed by atoms with E-state index in [2.05, 4.69) is 92.1 Å². The highest BCUT2D eigenvalue weighted by molar-refractivity contribution is 7.45. The summed E-state index contributed by atoms with van der Waals surface area (Å²) in [7, 11) is 1.19. The topological polar surface area (TPSA) is 108 Å². The Kier molecular flexibility index (Phi) is 31.1. The number of hydrogen-bond acceptors (Lipinski definition) is 6. The van der Waals surface area contributed by atoms with Crippen molar-refractivity contribution in [1.29, 1.82) is 0 Å². The van der Waals surface area contributed by atoms with E-state index in [-0.39, 0.29) is 18.9 Å². The van der Waals surface area contributed by atoms with Crippen LogP contribution in [-0.2, 0) is 18.4 Å². The normalized spacial score (nSPS) is 15.6. The van der Waals surface area contributed by atoms with Crippen molar-refractivity contribution in [3.8, 4) is 0 Å². The number of likely N-dealkylation sites (N-methyl/N-ethyl adjacent to an activating group) is 1. The molecule has 0 aliphatic carbocycles. The maximum atomic E-state index is 12.8. The molecular weight excluding hydrogens is 647 g/mol. The van der Waals surface area contributed by atoms with Gasteiger partial charge in [-0.1, -0.05) is 112 Å². The lowest BCUT2D eigenvalue weighted by atomic mass is 10.1. The van der Waals surface area contributed by atoms with Gasteiger partial charge in [0.15, 0.2) is 0 Å². The van der Waals surface area contributed by atoms with E-state index in [4.69, 9.17) is 9.05 Å². The van der Waals surface area contributed by atoms with Crippen molar-refractivity contribution < 1.29 is 32.9 Å². The van der Waals surface area contributed by atoms with Crippen molar-refractivity contribution in [2.24, 2.45) is 0 Å². The second-order valence-corrected chi connectivity index (χ2v) is 14.9. The summed E-state index contributed by atoms with van der Waals surface area (Å²) in [6.07, 6.45) is 43.5. The molecule has 2 N–H and O–H groups in total. The van der Waals surface area contributed by atoms with Crippen LogP contribution in [0.5, 0.6) is 0 Å². The molecule has 1 amide bonds. The number of nitrogens with one attached hydrogen (secondary N) is 1. The predicted molar refractivity (Wildman–Crippen MR) is 210 cm³/mol. The number of amides is 1. The Labute approximate surface area is 306 Å². The third kappa shape index (κ3) is 34.1. The maximum absolute atomic E-state index is 12.8. The van der Waals surface area contributed by atoms with Gasteiger partial charge in [0.2, 0.25) is 5.91 Å². The number of aliphatic hydroxyl groups excluding tert-OH is 1. The molecule has 0 saturated carbocycles. The molecule has 0 radical (unpaired) electrons. The van der Waals surface area contributed by atoms with E-state index in [1.807, 2.05) is 27.2 Å². The zero-order chi connectivity index (χ0) is 37.2. The van der Waals surface area contributed by atoms with Gasteiger partial charge in [0.05, 0.1) is 39.9 Å². The highest BCUT2D eigenvalue weighted by Crippen LogP contribution is 2.38. The second-order valence-electron chi connectivity index (χ2n) is 13.5. The predicted octanol–water partition coefficient (Wildman–Crippen LogP) is 9.21. The van der Waals surface area contributed by atoms with Crippen LogP contribution in [0.15, 0.2) is 85.1 Å². The van der Waals surface area contributed by atoms with Crippen LogP contribution in [0.4, 0.5) is 0 Å². The number of unbranched alkanes of at least 4 members (excludes halogenated alkanes) is 7. The second kappa shape index (κ2) is 32.6. The fraction of sp³-hybridized carbons (Fsp3) is 0.634. The zero-order valence-electron chi connectivity index (χ0n) is 32.1. The van der Waals surface area contributed by atoms with Crippen LogP contribution >= 0.6 is 7.82 Å². The number of aliphatic hydroxyl groups is 1. The molecular formula is C41H71N2O6P. The summed E-state index contributed by atoms with van der Waals surface area (Å²) >= 11 is 0. The van der Waals surface area contributed by atoms with Gasteiger partial charge in [-0.15, -0.1) is 0 Å². The third-order valence-corrected chi connectivity index (χ3v) is 8.53. The number of carbonyl (C=O) groups excluding carboxylic acids is 1. The van der Waals surface area contributed by atoms with Gasteiger partial charge in [-0.05, 0) is 83.5 Å². The molecule has 0 rings (SSSR count). The van der Waals surface area contributed by atoms with Crippen molar-refractivity contribution in [2.45, 2.75) is 129 Å². The summed E-state index contributed by atoms with van der Waals surface area (Å²) in [4.78, 5) is 25.1. The Morgan fingerprint density at radius 1 is 0.720 bits per heavy atom. The van der Waals surface area contributed by atoms with Gasteiger partial charge in [-0.25, -0.2) is 0 Å². The molecule has 0 spiro atoms. The van der Waals surface area contributed by atoms with Gasteiger partial charge in [0, 0.05) is 6.42 Å². The summed E-state index contributed by atoms with van der Waals surface area (Å²) in [6.45, 7) is 4.38. The Balaban J connectivity index is 4.73. The Hall–Kier alpha value is -2.32. The summed E-state index contributed by atoms with van der Waals surface area (Å²) in [5.74, 6) is -0.259. The first-order chi connectivity index (χ1) is 24.0. The first kappa shape index (κ1) is 47.7. The van der Waals surface area contributed by atoms with E-state index < -0.39 is 26.6 Å². The minimum atomic E-state index is -4.61. The van der Waals surface area contributed by atoms with Crippen molar-refractivity contribution in [3.63, 3.8) is 0 Å². The number of nitrogens with zero attached hydrogens (tertiary/aromatic N) is 1. The molecule has 0 aromatic heterocycles. The molecule has 0 aromatic rings. The van der Waals surface area contributed by atoms with E-state index >= 15 is 0 Å². The van der Waals surface area contributed by atoms with Crippen LogP contribution in [-0.4, -0.2) is 68.5 Å². The lowest BCUT2D eigenvalue weighted by Gasteiger charge is -2.29. The summed E-state index contributed by atoms with van der Waals surface area (Å²) in [5, 5.41) is 13.6. The van der Waals surface area contributed by atoms with E-state index in [9.17, 15) is 19.4 Å². The lowest BCUT2D eigenvalue weighted by molar-refractivity contribution is -0.870. The Bertz CT molecular complexity index is 1090. The lowest BCUT2D eigenvalue weighted by Crippen LogP contribution is -2.45. The van der Waals surface area contributed by atoms with Gasteiger partial charge in [0.1, 0.15) is 13.2 Å². The highest BCUT2D eigenvalue weighted by Gasteiger charge is 2.23. The summed E-state index contributed by atoms with van der Waals surface area (Å²) in [6, 6.07) is -0.933. The van der Waals surface area contributed by atoms with Gasteiger partial charge < -0.3 is 28.8 Å². The SMILES string of the molecule is CC/C=C\C/C=C\C/C=C\C/C=C\CCCCC(=O)NC(COP(=O)([O-])OCC[N+](C)(C)C)C(O)/C=C/CC/C=C/CC/C=C/CCCCC. The van der Waals surface area contributed by atoms with E-state index in [1.54, 1.807) is 6.08 Å². The molecule has 9 heteroatoms. The molecule has 50 heavy (non-hydrogen) atoms. The van der Waals surface area contributed by atoms with Crippen LogP contribution in [0.25, 0.3) is 0 Å². The highest BCUT2D eigenvalue weighted by atomic mass is 31.2. The minimum Gasteiger partial charge on any atom is -0.756 e. The van der Waals surface area contributed by atoms with E-state index in [1.165, 1.54) is 19.3 Å². The van der Waals surface area contributed by atoms with E-state index in [0.29, 0.717) is 23.9 Å². The average molecular weight is 719 g/mol. The molecule has 0 aromatic carbocycles. The maximum Gasteiger partial charge on any atom is 0.268 e. The molecule has 3 unspecified atom stereocenters. The molecule has 0 saturated heterocycles. The van der Waals surface area contributed by atoms with Crippen molar-refractivity contribution in [2.75, 3.05) is 40.9 Å². The summed E-state index contributed by atoms with van der Waals surface area (Å²) in [5.41, 5.74) is 0. The molecule has 0 heterocycles. The van der Waals surface area contributed by atoms with Gasteiger partial charge >= 0.3 is 0 Å². The van der Waals surface area contributed by atoms with Gasteiger partial charge in [0.25, 0.3) is 7.82 Å². The van der Waals surface area contributed by atoms with Crippen LogP contribution in [0.2, 0.25) is 0 Å². The van der Waals surface area contributed by atoms with E-state index in [0.717, 1.165) is 64.2 Å². The fourth-order valence-electron chi connectivity index (χ4n) is 4.52. The quantitative estimate of drug-likeness (QED) is 0.0311. The first-order valence-corrected chi connectivity index (χ1v) is 20.4. The summed E-state index contributed by atoms with van der Waals surface area (Å²) < 4.78 is 23.0. The monoisotopic (exact) mass is 719 g/mol. The van der Waals surface area contributed by atoms with Crippen molar-refractivity contribution >= 4 is 13.7 Å². The van der Waals surface area contributed by atoms with Gasteiger partial charge in [-0.3, -0.25) is 9.36 Å². The molecule has 0 fully saturated rings. The van der Waals surface area contributed by atoms with Crippen LogP contribution in [0, 0.1) is 0 Å². The number of rotatable bonds is 32. The van der Waals surface area contributed by atoms with Crippen molar-refractivity contribution in [1.82, 2.24) is 5.32 Å². The van der Waals surface area contributed by atoms with Crippen LogP contribution in [0.3, 0.4) is 0 Å². The minimum absolute atomic E-state index is 0.0220. The number of hydrogen-bond donors (Lipinski definition) is 2. The molecule has 0 aliphatic rings. The smallest absolute Gasteiger partial charge is 0.268 e. The molecule has 3 atom stereocenters. The Morgan fingerprint density at radius 3 is 1.78 bits per heavy atom. The molecule has 0 bridgehead atoms. The van der Waals surface area contributed by atoms with Gasteiger partial charge in [-0.2, -0.15) is 0 Å². The Morgan fingerprint density at radius 2 is 1.22 bits per heavy atom. The number of allylic oxidation sites excluding steroid dienone is 13. The fourth-order valence-corrected chi connectivity index (χ4v) is 5.25. The number of phosphoric ester groups is 1. The largest absolute Gasteiger partial charge is 0.756 e. The molecule has 8 nitrogen and oxygen atoms in total. The number of quaternary nitrogens is 1. The van der Waals surface area contributed by atoms with Crippen LogP contribution in [0.1, 0.15) is 117 Å². The molecule has 286 valence electrons. The average Bonchev–Trinajstić information content (AvgIpc) is 3.06. The standard InChI is InChI=1S/C41H71N2O6P/c1-6-8-10-12-14-16-18-20-21-23-25-27-29-31-33-35-41(45)42-39(38-49-50(46,47)48-37-36-43(3,4)5)40(44)34-32-30-28-26-24-22-19-17-15-13-11-9-7-2/h8,10,14-17,20-21,24-27,32,34,39-40,44H,6-7,9,11-13,18-19,22-23,28-31,33,35-38H2,1-5H3,(H-,42,45,46,47)/b10-8-,16-14-,17-15+,21-20-,26-24+,27-25-,34-32+. The molecule has 0 aliphatic heterocycles. The number of phosphoric acid groups is 1. The van der Waals surface area contributed by atoms with Crippen LogP contribution < -0.4 is 10.2 Å². The zero-order valence-corrected chi connectivity index (χ0v) is 32.9. The third-order valence-electron chi connectivity index (χ3n) is 7.57. The first-order valence-electron chi connectivity index (χ1n) is 18.9. The van der Waals surface area contributed by atoms with Crippen molar-refractivity contribution in [3.05, 3.63) is 85.1 Å².